The Balaban J connectivity index is 0.00000196. The van der Waals surface area contributed by atoms with Gasteiger partial charge in [-0.3, -0.25) is 0 Å². The van der Waals surface area contributed by atoms with Crippen molar-refractivity contribution in [1.82, 2.24) is 0 Å². The van der Waals surface area contributed by atoms with Gasteiger partial charge in [-0.1, -0.05) is 6.08 Å². The molecule has 1 aliphatic rings. The van der Waals surface area contributed by atoms with E-state index in [0.717, 1.165) is 30.4 Å². The maximum Gasteiger partial charge on any atom is 0.123 e. The molecule has 0 radical (unpaired) electrons. The molecule has 0 aliphatic heterocycles. The van der Waals surface area contributed by atoms with Crippen LogP contribution in [-0.4, -0.2) is 30.7 Å². The summed E-state index contributed by atoms with van der Waals surface area (Å²) in [7, 11) is 2.25. The summed E-state index contributed by atoms with van der Waals surface area (Å²) in [5, 5.41) is 9.12. The Hall–Kier alpha value is -0.0800. The van der Waals surface area contributed by atoms with Gasteiger partial charge in [0.25, 0.3) is 0 Å². The van der Waals surface area contributed by atoms with Gasteiger partial charge < -0.3 is 28.5 Å². The molecule has 1 aliphatic carbocycles. The number of allylic oxidation sites excluding steroid dienone is 1. The Morgan fingerprint density at radius 3 is 2.47 bits per heavy atom. The van der Waals surface area contributed by atoms with Crippen LogP contribution < -0.4 is 24.0 Å². The Morgan fingerprint density at radius 1 is 1.40 bits per heavy atom. The molecule has 0 amide bonds. The Morgan fingerprint density at radius 2 is 2.00 bits per heavy atom. The van der Waals surface area contributed by atoms with Gasteiger partial charge in [0.15, 0.2) is 0 Å². The highest BCUT2D eigenvalue weighted by atomic mass is 127. The van der Waals surface area contributed by atoms with Crippen LogP contribution in [0, 0.1) is 17.2 Å². The third-order valence-electron chi connectivity index (χ3n) is 3.72. The zero-order chi connectivity index (χ0) is 10.6. The molecule has 2 atom stereocenters. The number of nitrogens with zero attached hydrogens (tertiary/aromatic N) is 2. The minimum atomic E-state index is 0. The van der Waals surface area contributed by atoms with Crippen LogP contribution in [0.15, 0.2) is 12.2 Å². The summed E-state index contributed by atoms with van der Waals surface area (Å²) in [6.07, 6.45) is 6.60. The lowest BCUT2D eigenvalue weighted by atomic mass is 9.88. The van der Waals surface area contributed by atoms with Crippen LogP contribution in [0.1, 0.15) is 26.7 Å². The van der Waals surface area contributed by atoms with Gasteiger partial charge in [-0.2, -0.15) is 5.26 Å². The van der Waals surface area contributed by atoms with E-state index in [9.17, 15) is 0 Å². The lowest BCUT2D eigenvalue weighted by Crippen LogP contribution is -3.00. The van der Waals surface area contributed by atoms with Crippen LogP contribution in [-0.2, 0) is 0 Å². The highest BCUT2D eigenvalue weighted by Crippen LogP contribution is 2.26. The summed E-state index contributed by atoms with van der Waals surface area (Å²) in [6, 6.07) is 2.87. The molecule has 0 fully saturated rings. The lowest BCUT2D eigenvalue weighted by Gasteiger charge is -2.41. The molecular weight excluding hydrogens is 299 g/mol. The summed E-state index contributed by atoms with van der Waals surface area (Å²) in [4.78, 5) is 0. The second kappa shape index (κ2) is 6.49. The van der Waals surface area contributed by atoms with Gasteiger partial charge in [0.05, 0.1) is 26.2 Å². The molecule has 2 nitrogen and oxygen atoms in total. The topological polar surface area (TPSA) is 23.8 Å². The third-order valence-corrected chi connectivity index (χ3v) is 3.72. The highest BCUT2D eigenvalue weighted by molar-refractivity contribution is 5.05. The van der Waals surface area contributed by atoms with Crippen LogP contribution in [0.4, 0.5) is 0 Å². The smallest absolute Gasteiger partial charge is 0.123 e. The van der Waals surface area contributed by atoms with Crippen molar-refractivity contribution in [2.24, 2.45) is 5.92 Å². The first kappa shape index (κ1) is 14.9. The van der Waals surface area contributed by atoms with Crippen LogP contribution >= 0.6 is 0 Å². The quantitative estimate of drug-likeness (QED) is 0.385. The average molecular weight is 320 g/mol. The van der Waals surface area contributed by atoms with E-state index in [4.69, 9.17) is 5.26 Å². The second-order valence-corrected chi connectivity index (χ2v) is 4.34. The second-order valence-electron chi connectivity index (χ2n) is 4.34. The van der Waals surface area contributed by atoms with E-state index in [1.807, 2.05) is 0 Å². The predicted molar refractivity (Wildman–Crippen MR) is 58.5 cm³/mol. The van der Waals surface area contributed by atoms with E-state index in [1.165, 1.54) is 0 Å². The summed E-state index contributed by atoms with van der Waals surface area (Å²) in [6.45, 7) is 6.62. The number of hydrogen-bond acceptors (Lipinski definition) is 1. The van der Waals surface area contributed by atoms with Crippen molar-refractivity contribution < 1.29 is 28.5 Å². The van der Waals surface area contributed by atoms with Gasteiger partial charge in [0, 0.05) is 0 Å². The van der Waals surface area contributed by atoms with Crippen molar-refractivity contribution in [2.75, 3.05) is 20.1 Å². The molecule has 86 valence electrons. The van der Waals surface area contributed by atoms with Crippen molar-refractivity contribution in [2.45, 2.75) is 32.7 Å². The fourth-order valence-corrected chi connectivity index (χ4v) is 2.24. The third kappa shape index (κ3) is 3.18. The molecular formula is C12H21IN2. The number of quaternary nitrogens is 1. The zero-order valence-corrected chi connectivity index (χ0v) is 12.1. The molecule has 0 saturated carbocycles. The fourth-order valence-electron chi connectivity index (χ4n) is 2.24. The average Bonchev–Trinajstić information content (AvgIpc) is 2.28. The van der Waals surface area contributed by atoms with Crippen LogP contribution in [0.25, 0.3) is 0 Å². The molecule has 0 aromatic rings. The maximum absolute atomic E-state index is 9.12. The summed E-state index contributed by atoms with van der Waals surface area (Å²) in [5.41, 5.74) is 0. The van der Waals surface area contributed by atoms with Gasteiger partial charge in [0.1, 0.15) is 12.0 Å². The standard InChI is InChI=1S/C12H21N2.HI/c1-4-14(3,5-2)12-9-7-6-8-11(12)10-13;/h7,9,11-12H,4-6,8H2,1-3H3;1H/q+1;/p-1. The minimum absolute atomic E-state index is 0. The molecule has 0 heterocycles. The molecule has 0 saturated heterocycles. The normalized spacial score (nSPS) is 25.5. The predicted octanol–water partition coefficient (Wildman–Crippen LogP) is -0.665. The molecule has 15 heavy (non-hydrogen) atoms. The van der Waals surface area contributed by atoms with Gasteiger partial charge in [0.2, 0.25) is 0 Å². The molecule has 1 rings (SSSR count). The molecule has 0 aromatic heterocycles. The summed E-state index contributed by atoms with van der Waals surface area (Å²) < 4.78 is 0.995. The SMILES string of the molecule is CC[N+](C)(CC)C1C=CCCC1C#N.[I-]. The van der Waals surface area contributed by atoms with Crippen molar-refractivity contribution in [1.29, 1.82) is 5.26 Å². The number of halogens is 1. The molecule has 0 N–H and O–H groups in total. The van der Waals surface area contributed by atoms with Crippen LogP contribution in [0.3, 0.4) is 0 Å². The molecule has 0 spiro atoms. The van der Waals surface area contributed by atoms with E-state index < -0.39 is 0 Å². The van der Waals surface area contributed by atoms with Gasteiger partial charge in [-0.15, -0.1) is 0 Å². The molecule has 0 bridgehead atoms. The summed E-state index contributed by atoms with van der Waals surface area (Å²) in [5.74, 6) is 0.213. The number of nitriles is 1. The zero-order valence-electron chi connectivity index (χ0n) is 9.91. The number of hydrogen-bond donors (Lipinski definition) is 0. The Labute approximate surface area is 111 Å². The van der Waals surface area contributed by atoms with E-state index in [1.54, 1.807) is 0 Å². The Bertz CT molecular complexity index is 251. The van der Waals surface area contributed by atoms with Crippen molar-refractivity contribution in [3.8, 4) is 6.07 Å². The van der Waals surface area contributed by atoms with E-state index in [-0.39, 0.29) is 29.9 Å². The van der Waals surface area contributed by atoms with E-state index in [0.29, 0.717) is 6.04 Å². The molecule has 0 aromatic carbocycles. The van der Waals surface area contributed by atoms with Crippen molar-refractivity contribution in [3.63, 3.8) is 0 Å². The van der Waals surface area contributed by atoms with Crippen LogP contribution in [0.2, 0.25) is 0 Å². The lowest BCUT2D eigenvalue weighted by molar-refractivity contribution is -0.926. The first-order valence-corrected chi connectivity index (χ1v) is 5.58. The van der Waals surface area contributed by atoms with Gasteiger partial charge >= 0.3 is 0 Å². The van der Waals surface area contributed by atoms with Gasteiger partial charge in [-0.25, -0.2) is 0 Å². The highest BCUT2D eigenvalue weighted by Gasteiger charge is 2.35. The van der Waals surface area contributed by atoms with Crippen LogP contribution in [0.5, 0.6) is 0 Å². The number of likely N-dealkylation sites (N-methyl/N-ethyl adjacent to an activating group) is 1. The van der Waals surface area contributed by atoms with E-state index >= 15 is 0 Å². The monoisotopic (exact) mass is 320 g/mol. The maximum atomic E-state index is 9.12. The van der Waals surface area contributed by atoms with Crippen molar-refractivity contribution >= 4 is 0 Å². The number of rotatable bonds is 3. The Kier molecular flexibility index (Phi) is 6.46. The molecule has 3 heteroatoms. The van der Waals surface area contributed by atoms with E-state index in [2.05, 4.69) is 39.1 Å². The summed E-state index contributed by atoms with van der Waals surface area (Å²) >= 11 is 0. The minimum Gasteiger partial charge on any atom is -1.00 e. The van der Waals surface area contributed by atoms with Crippen molar-refractivity contribution in [3.05, 3.63) is 12.2 Å². The largest absolute Gasteiger partial charge is 1.00 e. The van der Waals surface area contributed by atoms with Gasteiger partial charge in [-0.05, 0) is 32.8 Å². The first-order chi connectivity index (χ1) is 6.68. The fraction of sp³-hybridized carbons (Fsp3) is 0.750. The molecule has 2 unspecified atom stereocenters. The first-order valence-electron chi connectivity index (χ1n) is 5.58.